The number of allylic oxidation sites excluding steroid dienone is 2. The van der Waals surface area contributed by atoms with Gasteiger partial charge in [-0.1, -0.05) is 42.0 Å². The highest BCUT2D eigenvalue weighted by atomic mass is 16.2. The fraction of sp³-hybridized carbons (Fsp3) is 0.381. The van der Waals surface area contributed by atoms with Crippen LogP contribution in [0.5, 0.6) is 0 Å². The monoisotopic (exact) mass is 396 g/mol. The van der Waals surface area contributed by atoms with E-state index in [0.29, 0.717) is 43.3 Å². The van der Waals surface area contributed by atoms with Crippen LogP contribution in [0.3, 0.4) is 0 Å². The van der Waals surface area contributed by atoms with E-state index < -0.39 is 5.69 Å². The van der Waals surface area contributed by atoms with Gasteiger partial charge in [0.15, 0.2) is 11.2 Å². The van der Waals surface area contributed by atoms with Crippen LogP contribution in [0, 0.1) is 0 Å². The Morgan fingerprint density at radius 3 is 2.45 bits per heavy atom. The van der Waals surface area contributed by atoms with E-state index in [-0.39, 0.29) is 5.56 Å². The first-order valence-corrected chi connectivity index (χ1v) is 9.63. The number of rotatable bonds is 7. The number of aryl methyl sites for hydroxylation is 1. The average Bonchev–Trinajstić information content (AvgIpc) is 3.09. The molecule has 2 N–H and O–H groups in total. The second-order valence-corrected chi connectivity index (χ2v) is 7.38. The second-order valence-electron chi connectivity index (χ2n) is 7.38. The standard InChI is InChI=1S/C21H28N6O2/c1-15(2)10-12-27-17-18(24(3)21(29)25(4)19(17)28)23-20(27)26(13-11-22)14-16-8-6-5-7-9-16/h5-10H,11-14,22H2,1-4H3. The molecule has 0 bridgehead atoms. The maximum atomic E-state index is 12.9. The third-order valence-corrected chi connectivity index (χ3v) is 4.91. The Morgan fingerprint density at radius 2 is 1.83 bits per heavy atom. The fourth-order valence-electron chi connectivity index (χ4n) is 3.33. The molecule has 0 amide bonds. The van der Waals surface area contributed by atoms with Gasteiger partial charge in [-0.05, 0) is 19.4 Å². The minimum absolute atomic E-state index is 0.351. The third-order valence-electron chi connectivity index (χ3n) is 4.91. The molecule has 8 nitrogen and oxygen atoms in total. The first kappa shape index (κ1) is 20.6. The number of anilines is 1. The van der Waals surface area contributed by atoms with Gasteiger partial charge in [0.25, 0.3) is 5.56 Å². The average molecular weight is 396 g/mol. The van der Waals surface area contributed by atoms with Gasteiger partial charge in [0.05, 0.1) is 0 Å². The van der Waals surface area contributed by atoms with Crippen molar-refractivity contribution in [3.05, 3.63) is 68.4 Å². The van der Waals surface area contributed by atoms with E-state index in [4.69, 9.17) is 10.7 Å². The summed E-state index contributed by atoms with van der Waals surface area (Å²) < 4.78 is 4.42. The molecular weight excluding hydrogens is 368 g/mol. The maximum Gasteiger partial charge on any atom is 0.332 e. The van der Waals surface area contributed by atoms with Gasteiger partial charge in [0.1, 0.15) is 0 Å². The molecule has 2 aromatic heterocycles. The number of nitrogens with zero attached hydrogens (tertiary/aromatic N) is 5. The first-order valence-electron chi connectivity index (χ1n) is 9.63. The summed E-state index contributed by atoms with van der Waals surface area (Å²) in [6.07, 6.45) is 2.04. The van der Waals surface area contributed by atoms with Crippen molar-refractivity contribution in [2.75, 3.05) is 18.0 Å². The third kappa shape index (κ3) is 4.02. The smallest absolute Gasteiger partial charge is 0.332 e. The topological polar surface area (TPSA) is 91.1 Å². The molecule has 29 heavy (non-hydrogen) atoms. The highest BCUT2D eigenvalue weighted by Gasteiger charge is 2.22. The predicted molar refractivity (Wildman–Crippen MR) is 116 cm³/mol. The summed E-state index contributed by atoms with van der Waals surface area (Å²) in [5.74, 6) is 0.630. The van der Waals surface area contributed by atoms with Gasteiger partial charge in [0, 0.05) is 40.3 Å². The highest BCUT2D eigenvalue weighted by Crippen LogP contribution is 2.22. The largest absolute Gasteiger partial charge is 0.337 e. The molecule has 0 saturated carbocycles. The molecular formula is C21H28N6O2. The molecule has 1 aromatic carbocycles. The van der Waals surface area contributed by atoms with Gasteiger partial charge < -0.3 is 15.2 Å². The Bertz CT molecular complexity index is 1150. The van der Waals surface area contributed by atoms with Crippen molar-refractivity contribution >= 4 is 17.1 Å². The van der Waals surface area contributed by atoms with Crippen molar-refractivity contribution in [2.45, 2.75) is 26.9 Å². The number of aromatic nitrogens is 4. The summed E-state index contributed by atoms with van der Waals surface area (Å²) in [6.45, 7) is 6.11. The Kier molecular flexibility index (Phi) is 6.03. The molecule has 0 saturated heterocycles. The highest BCUT2D eigenvalue weighted by molar-refractivity contribution is 5.74. The van der Waals surface area contributed by atoms with Crippen molar-refractivity contribution in [3.63, 3.8) is 0 Å². The summed E-state index contributed by atoms with van der Waals surface area (Å²) >= 11 is 0. The minimum atomic E-state index is -0.394. The summed E-state index contributed by atoms with van der Waals surface area (Å²) in [5, 5.41) is 0. The molecule has 0 aliphatic heterocycles. The predicted octanol–water partition coefficient (Wildman–Crippen LogP) is 1.37. The van der Waals surface area contributed by atoms with Crippen LogP contribution in [0.15, 0.2) is 51.6 Å². The number of nitrogens with two attached hydrogens (primary N) is 1. The summed E-state index contributed by atoms with van der Waals surface area (Å²) in [5.41, 5.74) is 8.18. The molecule has 3 aromatic rings. The van der Waals surface area contributed by atoms with Crippen LogP contribution in [-0.2, 0) is 27.2 Å². The lowest BCUT2D eigenvalue weighted by Crippen LogP contribution is -2.37. The van der Waals surface area contributed by atoms with Crippen LogP contribution in [0.2, 0.25) is 0 Å². The van der Waals surface area contributed by atoms with Gasteiger partial charge in [-0.2, -0.15) is 4.98 Å². The Hall–Kier alpha value is -3.13. The van der Waals surface area contributed by atoms with Gasteiger partial charge in [-0.15, -0.1) is 0 Å². The van der Waals surface area contributed by atoms with E-state index in [1.54, 1.807) is 7.05 Å². The second kappa shape index (κ2) is 8.48. The zero-order valence-electron chi connectivity index (χ0n) is 17.4. The van der Waals surface area contributed by atoms with Crippen LogP contribution >= 0.6 is 0 Å². The first-order chi connectivity index (χ1) is 13.8. The fourth-order valence-corrected chi connectivity index (χ4v) is 3.33. The quantitative estimate of drug-likeness (QED) is 0.609. The number of imidazole rings is 1. The van der Waals surface area contributed by atoms with E-state index >= 15 is 0 Å². The summed E-state index contributed by atoms with van der Waals surface area (Å²) in [4.78, 5) is 32.1. The van der Waals surface area contributed by atoms with Crippen molar-refractivity contribution in [1.82, 2.24) is 18.7 Å². The molecule has 3 rings (SSSR count). The zero-order chi connectivity index (χ0) is 21.1. The van der Waals surface area contributed by atoms with Gasteiger partial charge in [-0.3, -0.25) is 13.9 Å². The Labute approximate surface area is 169 Å². The van der Waals surface area contributed by atoms with Crippen LogP contribution < -0.4 is 21.9 Å². The molecule has 0 fully saturated rings. The maximum absolute atomic E-state index is 12.9. The van der Waals surface area contributed by atoms with E-state index in [1.807, 2.05) is 54.8 Å². The van der Waals surface area contributed by atoms with E-state index in [1.165, 1.54) is 11.6 Å². The number of benzene rings is 1. The number of hydrogen-bond acceptors (Lipinski definition) is 5. The normalized spacial score (nSPS) is 11.1. The van der Waals surface area contributed by atoms with Crippen molar-refractivity contribution < 1.29 is 0 Å². The molecule has 0 aliphatic rings. The Morgan fingerprint density at radius 1 is 1.14 bits per heavy atom. The van der Waals surface area contributed by atoms with E-state index in [2.05, 4.69) is 4.90 Å². The molecule has 154 valence electrons. The molecule has 0 aliphatic carbocycles. The molecule has 0 spiro atoms. The number of hydrogen-bond donors (Lipinski definition) is 1. The summed E-state index contributed by atoms with van der Waals surface area (Å²) in [6, 6.07) is 10.0. The van der Waals surface area contributed by atoms with Crippen LogP contribution in [0.25, 0.3) is 11.2 Å². The van der Waals surface area contributed by atoms with Crippen molar-refractivity contribution in [2.24, 2.45) is 19.8 Å². The van der Waals surface area contributed by atoms with Crippen molar-refractivity contribution in [3.8, 4) is 0 Å². The lowest BCUT2D eigenvalue weighted by molar-refractivity contribution is 0.699. The minimum Gasteiger partial charge on any atom is -0.337 e. The Balaban J connectivity index is 2.26. The van der Waals surface area contributed by atoms with Crippen LogP contribution in [0.1, 0.15) is 19.4 Å². The lowest BCUT2D eigenvalue weighted by Gasteiger charge is -2.24. The van der Waals surface area contributed by atoms with E-state index in [9.17, 15) is 9.59 Å². The van der Waals surface area contributed by atoms with Crippen molar-refractivity contribution in [1.29, 1.82) is 0 Å². The van der Waals surface area contributed by atoms with E-state index in [0.717, 1.165) is 15.7 Å². The molecule has 0 radical (unpaired) electrons. The van der Waals surface area contributed by atoms with Crippen LogP contribution in [0.4, 0.5) is 5.95 Å². The number of fused-ring (bicyclic) bond motifs is 1. The van der Waals surface area contributed by atoms with Gasteiger partial charge >= 0.3 is 5.69 Å². The van der Waals surface area contributed by atoms with Gasteiger partial charge in [-0.25, -0.2) is 4.79 Å². The molecule has 0 unspecified atom stereocenters. The molecule has 2 heterocycles. The lowest BCUT2D eigenvalue weighted by atomic mass is 10.2. The van der Waals surface area contributed by atoms with Crippen LogP contribution in [-0.4, -0.2) is 31.8 Å². The SMILES string of the molecule is CC(C)=CCn1c(N(CCN)Cc2ccccc2)nc2c1c(=O)n(C)c(=O)n2C. The molecule has 8 heteroatoms. The molecule has 0 atom stereocenters. The zero-order valence-corrected chi connectivity index (χ0v) is 17.4. The van der Waals surface area contributed by atoms with Gasteiger partial charge in [0.2, 0.25) is 5.95 Å². The summed E-state index contributed by atoms with van der Waals surface area (Å²) in [7, 11) is 3.13.